The third-order valence-corrected chi connectivity index (χ3v) is 7.21. The molecule has 0 bridgehead atoms. The largest absolute Gasteiger partial charge is 0.413 e. The van der Waals surface area contributed by atoms with Crippen molar-refractivity contribution in [1.29, 1.82) is 5.26 Å². The normalized spacial score (nSPS) is 15.5. The second-order valence-electron chi connectivity index (χ2n) is 11.1. The molecule has 0 radical (unpaired) electrons. The molecule has 0 spiro atoms. The van der Waals surface area contributed by atoms with Gasteiger partial charge in [-0.25, -0.2) is 9.07 Å². The predicted molar refractivity (Wildman–Crippen MR) is 145 cm³/mol. The van der Waals surface area contributed by atoms with E-state index in [4.69, 9.17) is 11.6 Å². The van der Waals surface area contributed by atoms with Gasteiger partial charge < -0.3 is 10.6 Å². The Morgan fingerprint density at radius 2 is 1.90 bits per heavy atom. The first-order valence-corrected chi connectivity index (χ1v) is 13.0. The Morgan fingerprint density at radius 3 is 2.52 bits per heavy atom. The number of rotatable bonds is 7. The molecule has 40 heavy (non-hydrogen) atoms. The Kier molecular flexibility index (Phi) is 6.86. The van der Waals surface area contributed by atoms with Crippen molar-refractivity contribution in [2.24, 2.45) is 5.41 Å². The molecule has 0 aliphatic heterocycles. The van der Waals surface area contributed by atoms with Crippen LogP contribution in [0.1, 0.15) is 56.5 Å². The summed E-state index contributed by atoms with van der Waals surface area (Å²) in [5.41, 5.74) is -0.257. The summed E-state index contributed by atoms with van der Waals surface area (Å²) in [7, 11) is 0. The summed E-state index contributed by atoms with van der Waals surface area (Å²) < 4.78 is 57.2. The fourth-order valence-corrected chi connectivity index (χ4v) is 4.81. The number of alkyl halides is 3. The Hall–Kier alpha value is -3.91. The maximum Gasteiger partial charge on any atom is 0.413 e. The van der Waals surface area contributed by atoms with Gasteiger partial charge in [-0.05, 0) is 42.0 Å². The van der Waals surface area contributed by atoms with Crippen LogP contribution in [0.15, 0.2) is 48.8 Å². The summed E-state index contributed by atoms with van der Waals surface area (Å²) in [6.45, 7) is 6.57. The number of halogens is 5. The average molecular weight is 572 g/mol. The van der Waals surface area contributed by atoms with Crippen LogP contribution in [0.25, 0.3) is 10.9 Å². The van der Waals surface area contributed by atoms with E-state index in [2.05, 4.69) is 32.0 Å². The maximum atomic E-state index is 15.1. The molecule has 7 nitrogen and oxygen atoms in total. The predicted octanol–water partition coefficient (Wildman–Crippen LogP) is 7.20. The second kappa shape index (κ2) is 9.93. The number of hydrogen-bond acceptors (Lipinski definition) is 6. The standard InChI is InChI=1S/C28H26ClF4N7/c1-26(2,3)15-36-23-16(12-34)13-35-24-19(23)10-17(30)11-21(24)37-25(18-6-4-5-7-20(18)29)22-14-40(39-38-22)27(8-9-27)28(31,32)33/h4-7,10-11,13-14,25,37H,8-9,15H2,1-3H3,(H,35,36)/t25-/m0/s1. The molecule has 1 fully saturated rings. The van der Waals surface area contributed by atoms with Crippen molar-refractivity contribution >= 4 is 33.9 Å². The molecule has 1 aliphatic rings. The van der Waals surface area contributed by atoms with E-state index in [1.54, 1.807) is 24.3 Å². The molecule has 0 saturated heterocycles. The molecule has 1 aliphatic carbocycles. The number of aromatic nitrogens is 4. The van der Waals surface area contributed by atoms with Crippen LogP contribution in [-0.2, 0) is 5.54 Å². The molecule has 1 atom stereocenters. The maximum absolute atomic E-state index is 15.1. The van der Waals surface area contributed by atoms with Gasteiger partial charge in [0, 0.05) is 23.2 Å². The third-order valence-electron chi connectivity index (χ3n) is 6.86. The minimum atomic E-state index is -4.48. The van der Waals surface area contributed by atoms with Crippen molar-refractivity contribution in [3.8, 4) is 6.07 Å². The number of nitrogens with one attached hydrogen (secondary N) is 2. The lowest BCUT2D eigenvalue weighted by Crippen LogP contribution is -2.35. The number of nitriles is 1. The average Bonchev–Trinajstić information content (AvgIpc) is 3.57. The Morgan fingerprint density at radius 1 is 1.18 bits per heavy atom. The summed E-state index contributed by atoms with van der Waals surface area (Å²) in [4.78, 5) is 4.43. The van der Waals surface area contributed by atoms with E-state index in [0.717, 1.165) is 4.68 Å². The van der Waals surface area contributed by atoms with E-state index in [1.165, 1.54) is 24.5 Å². The van der Waals surface area contributed by atoms with E-state index in [9.17, 15) is 18.4 Å². The molecule has 2 aromatic heterocycles. The molecular weight excluding hydrogens is 546 g/mol. The number of anilines is 2. The second-order valence-corrected chi connectivity index (χ2v) is 11.5. The lowest BCUT2D eigenvalue weighted by molar-refractivity contribution is -0.182. The zero-order chi connectivity index (χ0) is 28.9. The molecule has 12 heteroatoms. The van der Waals surface area contributed by atoms with Crippen LogP contribution in [0.5, 0.6) is 0 Å². The Labute approximate surface area is 233 Å². The number of fused-ring (bicyclic) bond motifs is 1. The highest BCUT2D eigenvalue weighted by Crippen LogP contribution is 2.55. The summed E-state index contributed by atoms with van der Waals surface area (Å²) in [6, 6.07) is 10.5. The Bertz CT molecular complexity index is 1610. The summed E-state index contributed by atoms with van der Waals surface area (Å²) >= 11 is 6.50. The first-order chi connectivity index (χ1) is 18.8. The number of benzene rings is 2. The zero-order valence-electron chi connectivity index (χ0n) is 21.9. The third kappa shape index (κ3) is 5.16. The molecule has 0 unspecified atom stereocenters. The van der Waals surface area contributed by atoms with E-state index in [0.29, 0.717) is 33.7 Å². The van der Waals surface area contributed by atoms with Crippen LogP contribution in [0.4, 0.5) is 28.9 Å². The smallest absolute Gasteiger partial charge is 0.383 e. The molecule has 2 heterocycles. The van der Waals surface area contributed by atoms with Crippen LogP contribution >= 0.6 is 11.6 Å². The van der Waals surface area contributed by atoms with Crippen molar-refractivity contribution in [3.05, 3.63) is 76.5 Å². The van der Waals surface area contributed by atoms with Crippen LogP contribution in [0.3, 0.4) is 0 Å². The molecule has 5 rings (SSSR count). The summed E-state index contributed by atoms with van der Waals surface area (Å²) in [5, 5.41) is 24.8. The van der Waals surface area contributed by atoms with Gasteiger partial charge >= 0.3 is 6.18 Å². The van der Waals surface area contributed by atoms with Gasteiger partial charge in [0.2, 0.25) is 0 Å². The lowest BCUT2D eigenvalue weighted by atomic mass is 9.96. The molecule has 1 saturated carbocycles. The first kappa shape index (κ1) is 27.6. The quantitative estimate of drug-likeness (QED) is 0.228. The number of nitrogens with zero attached hydrogens (tertiary/aromatic N) is 5. The first-order valence-electron chi connectivity index (χ1n) is 12.6. The van der Waals surface area contributed by atoms with Crippen LogP contribution in [0, 0.1) is 22.6 Å². The monoisotopic (exact) mass is 571 g/mol. The van der Waals surface area contributed by atoms with Crippen molar-refractivity contribution < 1.29 is 17.6 Å². The van der Waals surface area contributed by atoms with Crippen molar-refractivity contribution in [2.75, 3.05) is 17.2 Å². The highest BCUT2D eigenvalue weighted by Gasteiger charge is 2.66. The van der Waals surface area contributed by atoms with E-state index in [-0.39, 0.29) is 35.2 Å². The highest BCUT2D eigenvalue weighted by molar-refractivity contribution is 6.31. The lowest BCUT2D eigenvalue weighted by Gasteiger charge is -2.23. The van der Waals surface area contributed by atoms with Gasteiger partial charge in [-0.3, -0.25) is 4.98 Å². The van der Waals surface area contributed by atoms with Crippen LogP contribution in [0.2, 0.25) is 5.02 Å². The minimum absolute atomic E-state index is 0.0898. The van der Waals surface area contributed by atoms with Crippen LogP contribution in [-0.4, -0.2) is 32.7 Å². The van der Waals surface area contributed by atoms with Gasteiger partial charge in [-0.2, -0.15) is 18.4 Å². The van der Waals surface area contributed by atoms with Crippen molar-refractivity contribution in [1.82, 2.24) is 20.0 Å². The molecular formula is C28H26ClF4N7. The van der Waals surface area contributed by atoms with Crippen LogP contribution < -0.4 is 10.6 Å². The highest BCUT2D eigenvalue weighted by atomic mass is 35.5. The molecule has 0 amide bonds. The van der Waals surface area contributed by atoms with E-state index < -0.39 is 23.6 Å². The molecule has 2 N–H and O–H groups in total. The van der Waals surface area contributed by atoms with Crippen molar-refractivity contribution in [3.63, 3.8) is 0 Å². The molecule has 208 valence electrons. The number of pyridine rings is 1. The molecule has 4 aromatic rings. The van der Waals surface area contributed by atoms with Gasteiger partial charge in [0.1, 0.15) is 17.6 Å². The van der Waals surface area contributed by atoms with Gasteiger partial charge in [0.25, 0.3) is 0 Å². The van der Waals surface area contributed by atoms with E-state index >= 15 is 4.39 Å². The fraction of sp³-hybridized carbons (Fsp3) is 0.357. The fourth-order valence-electron chi connectivity index (χ4n) is 4.56. The van der Waals surface area contributed by atoms with Crippen molar-refractivity contribution in [2.45, 2.75) is 51.4 Å². The number of hydrogen-bond donors (Lipinski definition) is 2. The van der Waals surface area contributed by atoms with Gasteiger partial charge in [-0.1, -0.05) is 55.8 Å². The summed E-state index contributed by atoms with van der Waals surface area (Å²) in [5.74, 6) is -0.596. The van der Waals surface area contributed by atoms with Gasteiger partial charge in [0.15, 0.2) is 5.54 Å². The van der Waals surface area contributed by atoms with E-state index in [1.807, 2.05) is 20.8 Å². The zero-order valence-corrected chi connectivity index (χ0v) is 22.7. The Balaban J connectivity index is 1.62. The summed E-state index contributed by atoms with van der Waals surface area (Å²) in [6.07, 6.45) is -2.01. The van der Waals surface area contributed by atoms with Gasteiger partial charge in [0.05, 0.1) is 34.7 Å². The van der Waals surface area contributed by atoms with Gasteiger partial charge in [-0.15, -0.1) is 5.10 Å². The molecule has 2 aromatic carbocycles. The topological polar surface area (TPSA) is 91.5 Å². The minimum Gasteiger partial charge on any atom is -0.383 e. The SMILES string of the molecule is CC(C)(C)CNc1c(C#N)cnc2c(N[C@H](c3cn(C4(C(F)(F)F)CC4)nn3)c3ccccc3Cl)cc(F)cc12.